The fourth-order valence-corrected chi connectivity index (χ4v) is 1.79. The maximum absolute atomic E-state index is 11.4. The Kier molecular flexibility index (Phi) is 1.65. The monoisotopic (exact) mass is 226 g/mol. The number of nitrogens with zero attached hydrogens (tertiary/aromatic N) is 2. The van der Waals surface area contributed by atoms with Crippen LogP contribution in [0.1, 0.15) is 15.9 Å². The summed E-state index contributed by atoms with van der Waals surface area (Å²) in [5.41, 5.74) is 1.75. The summed E-state index contributed by atoms with van der Waals surface area (Å²) in [4.78, 5) is 17.2. The van der Waals surface area contributed by atoms with Gasteiger partial charge in [-0.2, -0.15) is 0 Å². The van der Waals surface area contributed by atoms with Crippen LogP contribution in [-0.4, -0.2) is 22.8 Å². The van der Waals surface area contributed by atoms with Crippen molar-refractivity contribution in [3.63, 3.8) is 0 Å². The third kappa shape index (κ3) is 0.948. The van der Waals surface area contributed by atoms with Gasteiger partial charge < -0.3 is 4.90 Å². The van der Waals surface area contributed by atoms with E-state index in [0.717, 1.165) is 15.7 Å². The van der Waals surface area contributed by atoms with Crippen molar-refractivity contribution < 1.29 is 4.79 Å². The summed E-state index contributed by atoms with van der Waals surface area (Å²) in [5.74, 6) is 0.0769. The molecule has 0 spiro atoms. The van der Waals surface area contributed by atoms with Gasteiger partial charge in [0, 0.05) is 30.9 Å². The largest absolute Gasteiger partial charge is 0.337 e. The van der Waals surface area contributed by atoms with E-state index in [2.05, 4.69) is 20.9 Å². The average molecular weight is 227 g/mol. The molecule has 1 aliphatic heterocycles. The van der Waals surface area contributed by atoms with Crippen LogP contribution in [0.15, 0.2) is 16.9 Å². The van der Waals surface area contributed by atoms with Crippen LogP contribution in [-0.2, 0) is 6.54 Å². The number of hydrogen-bond donors (Lipinski definition) is 0. The molecule has 1 aromatic heterocycles. The third-order valence-corrected chi connectivity index (χ3v) is 2.66. The van der Waals surface area contributed by atoms with Crippen molar-refractivity contribution in [2.45, 2.75) is 6.54 Å². The fourth-order valence-electron chi connectivity index (χ4n) is 1.33. The minimum Gasteiger partial charge on any atom is -0.337 e. The van der Waals surface area contributed by atoms with E-state index in [4.69, 9.17) is 0 Å². The Morgan fingerprint density at radius 2 is 2.42 bits per heavy atom. The van der Waals surface area contributed by atoms with E-state index in [0.29, 0.717) is 6.54 Å². The van der Waals surface area contributed by atoms with Crippen LogP contribution in [0.2, 0.25) is 0 Å². The molecular weight excluding hydrogens is 220 g/mol. The molecule has 0 radical (unpaired) electrons. The van der Waals surface area contributed by atoms with Gasteiger partial charge in [-0.05, 0) is 22.0 Å². The Balaban J connectivity index is 2.61. The minimum atomic E-state index is 0.0769. The summed E-state index contributed by atoms with van der Waals surface area (Å²) < 4.78 is 0.776. The molecule has 2 rings (SSSR count). The van der Waals surface area contributed by atoms with E-state index < -0.39 is 0 Å². The molecule has 0 bridgehead atoms. The van der Waals surface area contributed by atoms with Crippen LogP contribution < -0.4 is 0 Å². The summed E-state index contributed by atoms with van der Waals surface area (Å²) in [6.45, 7) is 0.655. The van der Waals surface area contributed by atoms with E-state index in [9.17, 15) is 4.79 Å². The summed E-state index contributed by atoms with van der Waals surface area (Å²) >= 11 is 3.31. The van der Waals surface area contributed by atoms with Crippen molar-refractivity contribution in [3.8, 4) is 0 Å². The molecule has 1 amide bonds. The van der Waals surface area contributed by atoms with E-state index in [1.807, 2.05) is 0 Å². The summed E-state index contributed by atoms with van der Waals surface area (Å²) in [6, 6.07) is 1.76. The number of halogens is 1. The van der Waals surface area contributed by atoms with Crippen molar-refractivity contribution in [3.05, 3.63) is 28.0 Å². The molecule has 3 nitrogen and oxygen atoms in total. The highest BCUT2D eigenvalue weighted by Gasteiger charge is 2.26. The first kappa shape index (κ1) is 7.73. The van der Waals surface area contributed by atoms with Gasteiger partial charge >= 0.3 is 0 Å². The fraction of sp³-hybridized carbons (Fsp3) is 0.250. The Labute approximate surface area is 78.5 Å². The predicted octanol–water partition coefficient (Wildman–Crippen LogP) is 1.43. The predicted molar refractivity (Wildman–Crippen MR) is 47.7 cm³/mol. The van der Waals surface area contributed by atoms with Crippen LogP contribution in [0.3, 0.4) is 0 Å². The normalized spacial score (nSPS) is 15.2. The molecule has 0 unspecified atom stereocenters. The third-order valence-electron chi connectivity index (χ3n) is 1.98. The van der Waals surface area contributed by atoms with E-state index in [1.54, 1.807) is 24.2 Å². The number of hydrogen-bond acceptors (Lipinski definition) is 2. The maximum Gasteiger partial charge on any atom is 0.254 e. The van der Waals surface area contributed by atoms with Gasteiger partial charge in [-0.15, -0.1) is 0 Å². The van der Waals surface area contributed by atoms with Gasteiger partial charge in [0.05, 0.1) is 0 Å². The Morgan fingerprint density at radius 3 is 3.08 bits per heavy atom. The lowest BCUT2D eigenvalue weighted by Crippen LogP contribution is -2.17. The molecule has 0 saturated heterocycles. The molecule has 0 aliphatic carbocycles. The zero-order valence-electron chi connectivity index (χ0n) is 6.54. The van der Waals surface area contributed by atoms with Crippen molar-refractivity contribution in [1.82, 2.24) is 9.88 Å². The smallest absolute Gasteiger partial charge is 0.254 e. The minimum absolute atomic E-state index is 0.0769. The average Bonchev–Trinajstić information content (AvgIpc) is 2.32. The Hall–Kier alpha value is -0.900. The molecule has 1 aliphatic rings. The maximum atomic E-state index is 11.4. The second-order valence-corrected chi connectivity index (χ2v) is 3.54. The second-order valence-electron chi connectivity index (χ2n) is 2.79. The molecule has 0 fully saturated rings. The van der Waals surface area contributed by atoms with Crippen LogP contribution in [0.4, 0.5) is 0 Å². The van der Waals surface area contributed by atoms with Crippen LogP contribution in [0, 0.1) is 0 Å². The van der Waals surface area contributed by atoms with E-state index in [1.165, 1.54) is 0 Å². The van der Waals surface area contributed by atoms with Crippen LogP contribution >= 0.6 is 15.9 Å². The molecule has 12 heavy (non-hydrogen) atoms. The lowest BCUT2D eigenvalue weighted by molar-refractivity contribution is 0.0816. The van der Waals surface area contributed by atoms with Crippen LogP contribution in [0.25, 0.3) is 0 Å². The van der Waals surface area contributed by atoms with Gasteiger partial charge in [-0.1, -0.05) is 0 Å². The zero-order valence-corrected chi connectivity index (χ0v) is 8.13. The first-order valence-corrected chi connectivity index (χ1v) is 4.38. The van der Waals surface area contributed by atoms with Gasteiger partial charge in [0.1, 0.15) is 4.60 Å². The molecule has 0 atom stereocenters. The molecule has 2 heterocycles. The van der Waals surface area contributed by atoms with Crippen molar-refractivity contribution >= 4 is 21.8 Å². The topological polar surface area (TPSA) is 33.2 Å². The number of carbonyl (C=O) groups excluding carboxylic acids is 1. The van der Waals surface area contributed by atoms with Crippen molar-refractivity contribution in [2.24, 2.45) is 0 Å². The molecule has 62 valence electrons. The Bertz CT molecular complexity index is 351. The number of aromatic nitrogens is 1. The van der Waals surface area contributed by atoms with Gasteiger partial charge in [0.2, 0.25) is 0 Å². The molecule has 1 aromatic rings. The zero-order chi connectivity index (χ0) is 8.72. The highest BCUT2D eigenvalue weighted by Crippen LogP contribution is 2.26. The van der Waals surface area contributed by atoms with Crippen molar-refractivity contribution in [1.29, 1.82) is 0 Å². The quantitative estimate of drug-likeness (QED) is 0.628. The summed E-state index contributed by atoms with van der Waals surface area (Å²) in [6.07, 6.45) is 1.64. The van der Waals surface area contributed by atoms with Crippen LogP contribution in [0.5, 0.6) is 0 Å². The van der Waals surface area contributed by atoms with E-state index >= 15 is 0 Å². The SMILES string of the molecule is CN1Cc2c(ccnc2Br)C1=O. The molecule has 0 aromatic carbocycles. The molecular formula is C8H7BrN2O. The summed E-state index contributed by atoms with van der Waals surface area (Å²) in [7, 11) is 1.79. The summed E-state index contributed by atoms with van der Waals surface area (Å²) in [5, 5.41) is 0. The lowest BCUT2D eigenvalue weighted by atomic mass is 10.2. The van der Waals surface area contributed by atoms with E-state index in [-0.39, 0.29) is 5.91 Å². The van der Waals surface area contributed by atoms with Gasteiger partial charge in [0.25, 0.3) is 5.91 Å². The first-order chi connectivity index (χ1) is 5.70. The molecule has 0 N–H and O–H groups in total. The standard InChI is InChI=1S/C8H7BrN2O/c1-11-4-6-5(8(11)12)2-3-10-7(6)9/h2-3H,4H2,1H3. The number of amides is 1. The lowest BCUT2D eigenvalue weighted by Gasteiger charge is -2.04. The molecule has 4 heteroatoms. The second kappa shape index (κ2) is 2.55. The number of rotatable bonds is 0. The molecule has 0 saturated carbocycles. The number of pyridine rings is 1. The highest BCUT2D eigenvalue weighted by atomic mass is 79.9. The number of carbonyl (C=O) groups is 1. The first-order valence-electron chi connectivity index (χ1n) is 3.59. The van der Waals surface area contributed by atoms with Gasteiger partial charge in [-0.25, -0.2) is 4.98 Å². The van der Waals surface area contributed by atoms with Crippen molar-refractivity contribution in [2.75, 3.05) is 7.05 Å². The Morgan fingerprint density at radius 1 is 1.67 bits per heavy atom. The highest BCUT2D eigenvalue weighted by molar-refractivity contribution is 9.10. The van der Waals surface area contributed by atoms with Gasteiger partial charge in [-0.3, -0.25) is 4.79 Å². The van der Waals surface area contributed by atoms with Gasteiger partial charge in [0.15, 0.2) is 0 Å². The number of fused-ring (bicyclic) bond motifs is 1.